The van der Waals surface area contributed by atoms with E-state index in [0.717, 1.165) is 59.1 Å². The highest BCUT2D eigenvalue weighted by Crippen LogP contribution is 2.38. The van der Waals surface area contributed by atoms with E-state index in [2.05, 4.69) is 57.2 Å². The van der Waals surface area contributed by atoms with Gasteiger partial charge in [-0.1, -0.05) is 51.1 Å². The molecule has 5 aromatic rings. The first-order valence-corrected chi connectivity index (χ1v) is 17.3. The van der Waals surface area contributed by atoms with Crippen LogP contribution in [0.2, 0.25) is 0 Å². The van der Waals surface area contributed by atoms with Gasteiger partial charge in [0.1, 0.15) is 23.9 Å². The topological polar surface area (TPSA) is 88.4 Å². The first-order chi connectivity index (χ1) is 23.0. The van der Waals surface area contributed by atoms with Crippen molar-refractivity contribution in [3.63, 3.8) is 0 Å². The Balaban J connectivity index is 1.23. The maximum absolute atomic E-state index is 11.3. The van der Waals surface area contributed by atoms with E-state index in [1.54, 1.807) is 6.07 Å². The zero-order chi connectivity index (χ0) is 33.6. The fraction of sp³-hybridized carbons (Fsp3) is 0.357. The predicted molar refractivity (Wildman–Crippen MR) is 192 cm³/mol. The van der Waals surface area contributed by atoms with Crippen LogP contribution >= 0.6 is 0 Å². The lowest BCUT2D eigenvalue weighted by atomic mass is 9.83. The number of hydrogen-bond donors (Lipinski definition) is 2. The summed E-state index contributed by atoms with van der Waals surface area (Å²) in [7, 11) is 0. The summed E-state index contributed by atoms with van der Waals surface area (Å²) in [5, 5.41) is 22.3. The second kappa shape index (κ2) is 12.7. The van der Waals surface area contributed by atoms with Crippen molar-refractivity contribution >= 4 is 0 Å². The smallest absolute Gasteiger partial charge is 0.167 e. The van der Waals surface area contributed by atoms with Crippen molar-refractivity contribution in [2.45, 2.75) is 98.0 Å². The molecule has 1 heterocycles. The number of aryl methyl sites for hydroxylation is 5. The van der Waals surface area contributed by atoms with E-state index in [4.69, 9.17) is 19.7 Å². The molecule has 0 radical (unpaired) electrons. The molecule has 0 aliphatic heterocycles. The highest BCUT2D eigenvalue weighted by atomic mass is 16.5. The average Bonchev–Trinajstić information content (AvgIpc) is 3.08. The van der Waals surface area contributed by atoms with Crippen LogP contribution in [0.25, 0.3) is 34.2 Å². The zero-order valence-corrected chi connectivity index (χ0v) is 28.8. The lowest BCUT2D eigenvalue weighted by Crippen LogP contribution is -2.14. The molecule has 2 aliphatic rings. The van der Waals surface area contributed by atoms with Gasteiger partial charge < -0.3 is 14.9 Å². The van der Waals surface area contributed by atoms with Crippen LogP contribution in [-0.4, -0.2) is 25.2 Å². The minimum atomic E-state index is -0.171. The molecule has 6 nitrogen and oxygen atoms in total. The van der Waals surface area contributed by atoms with Gasteiger partial charge in [0.25, 0.3) is 0 Å². The molecule has 0 spiro atoms. The molecule has 2 N–H and O–H groups in total. The van der Waals surface area contributed by atoms with Crippen LogP contribution in [0.4, 0.5) is 0 Å². The van der Waals surface area contributed by atoms with E-state index in [0.29, 0.717) is 34.5 Å². The van der Waals surface area contributed by atoms with Crippen LogP contribution in [0.15, 0.2) is 60.7 Å². The van der Waals surface area contributed by atoms with Crippen LogP contribution in [0, 0.1) is 13.8 Å². The molecule has 0 bridgehead atoms. The van der Waals surface area contributed by atoms with Crippen LogP contribution in [0.3, 0.4) is 0 Å². The van der Waals surface area contributed by atoms with E-state index in [1.807, 2.05) is 32.0 Å². The summed E-state index contributed by atoms with van der Waals surface area (Å²) in [6.45, 7) is 10.5. The van der Waals surface area contributed by atoms with Gasteiger partial charge >= 0.3 is 0 Å². The Hall–Kier alpha value is -4.71. The molecule has 2 aliphatic carbocycles. The van der Waals surface area contributed by atoms with E-state index < -0.39 is 0 Å². The maximum atomic E-state index is 11.3. The Morgan fingerprint density at radius 1 is 0.646 bits per heavy atom. The molecular formula is C42H45N3O3. The molecule has 0 atom stereocenters. The molecular weight excluding hydrogens is 594 g/mol. The van der Waals surface area contributed by atoms with Gasteiger partial charge in [0.05, 0.1) is 5.56 Å². The number of fused-ring (bicyclic) bond motifs is 2. The van der Waals surface area contributed by atoms with Gasteiger partial charge in [0, 0.05) is 17.2 Å². The van der Waals surface area contributed by atoms with E-state index in [9.17, 15) is 10.2 Å². The summed E-state index contributed by atoms with van der Waals surface area (Å²) in [6, 6.07) is 20.4. The first kappa shape index (κ1) is 31.9. The molecule has 1 aromatic heterocycles. The van der Waals surface area contributed by atoms with Crippen LogP contribution in [-0.2, 0) is 37.7 Å². The van der Waals surface area contributed by atoms with Gasteiger partial charge in [0.2, 0.25) is 0 Å². The molecule has 7 rings (SSSR count). The highest BCUT2D eigenvalue weighted by molar-refractivity contribution is 5.71. The highest BCUT2D eigenvalue weighted by Gasteiger charge is 2.23. The molecule has 0 unspecified atom stereocenters. The van der Waals surface area contributed by atoms with Crippen molar-refractivity contribution in [1.29, 1.82) is 0 Å². The summed E-state index contributed by atoms with van der Waals surface area (Å²) in [6.07, 6.45) is 9.23. The third-order valence-corrected chi connectivity index (χ3v) is 10.1. The molecule has 0 fully saturated rings. The minimum Gasteiger partial charge on any atom is -0.507 e. The van der Waals surface area contributed by atoms with Gasteiger partial charge in [0.15, 0.2) is 17.5 Å². The third kappa shape index (κ3) is 6.28. The lowest BCUT2D eigenvalue weighted by molar-refractivity contribution is 0.301. The van der Waals surface area contributed by atoms with Gasteiger partial charge in [-0.3, -0.25) is 0 Å². The van der Waals surface area contributed by atoms with Gasteiger partial charge in [-0.05, 0) is 139 Å². The molecule has 0 amide bonds. The van der Waals surface area contributed by atoms with Crippen LogP contribution < -0.4 is 4.74 Å². The van der Waals surface area contributed by atoms with Gasteiger partial charge in [-0.2, -0.15) is 0 Å². The molecule has 0 saturated heterocycles. The van der Waals surface area contributed by atoms with Gasteiger partial charge in [-0.25, -0.2) is 15.0 Å². The van der Waals surface area contributed by atoms with Crippen molar-refractivity contribution in [1.82, 2.24) is 15.0 Å². The predicted octanol–water partition coefficient (Wildman–Crippen LogP) is 9.53. The quantitative estimate of drug-likeness (QED) is 0.192. The monoisotopic (exact) mass is 639 g/mol. The number of hydrogen-bond acceptors (Lipinski definition) is 6. The fourth-order valence-corrected chi connectivity index (χ4v) is 7.25. The number of ether oxygens (including phenoxy) is 1. The summed E-state index contributed by atoms with van der Waals surface area (Å²) in [5.41, 5.74) is 11.6. The molecule has 48 heavy (non-hydrogen) atoms. The van der Waals surface area contributed by atoms with E-state index >= 15 is 0 Å². The fourth-order valence-electron chi connectivity index (χ4n) is 7.25. The number of rotatable bonds is 6. The lowest BCUT2D eigenvalue weighted by Gasteiger charge is -2.24. The number of phenolic OH excluding ortho intramolecular Hbond substituents is 2. The number of nitrogens with zero attached hydrogens (tertiary/aromatic N) is 3. The second-order valence-corrected chi connectivity index (χ2v) is 14.6. The Morgan fingerprint density at radius 2 is 1.19 bits per heavy atom. The Bertz CT molecular complexity index is 1950. The first-order valence-electron chi connectivity index (χ1n) is 17.3. The Morgan fingerprint density at radius 3 is 1.73 bits per heavy atom. The minimum absolute atomic E-state index is 0.0332. The number of aromatic nitrogens is 3. The largest absolute Gasteiger partial charge is 0.507 e. The molecule has 246 valence electrons. The van der Waals surface area contributed by atoms with E-state index in [1.165, 1.54) is 47.9 Å². The average molecular weight is 640 g/mol. The summed E-state index contributed by atoms with van der Waals surface area (Å²) < 4.78 is 6.17. The van der Waals surface area contributed by atoms with Crippen molar-refractivity contribution in [3.05, 3.63) is 105 Å². The second-order valence-electron chi connectivity index (χ2n) is 14.6. The molecule has 6 heteroatoms. The Labute approximate surface area is 283 Å². The Kier molecular flexibility index (Phi) is 8.44. The number of benzene rings is 4. The number of aromatic hydroxyl groups is 2. The summed E-state index contributed by atoms with van der Waals surface area (Å²) in [5.74, 6) is 2.49. The van der Waals surface area contributed by atoms with Gasteiger partial charge in [-0.15, -0.1) is 0 Å². The van der Waals surface area contributed by atoms with Crippen molar-refractivity contribution < 1.29 is 14.9 Å². The normalized spacial score (nSPS) is 14.4. The zero-order valence-electron chi connectivity index (χ0n) is 28.8. The van der Waals surface area contributed by atoms with Crippen LogP contribution in [0.1, 0.15) is 91.0 Å². The van der Waals surface area contributed by atoms with Crippen LogP contribution in [0.5, 0.6) is 17.2 Å². The molecule has 4 aromatic carbocycles. The van der Waals surface area contributed by atoms with Crippen molar-refractivity contribution in [2.24, 2.45) is 0 Å². The van der Waals surface area contributed by atoms with Crippen molar-refractivity contribution in [3.8, 4) is 51.4 Å². The summed E-state index contributed by atoms with van der Waals surface area (Å²) >= 11 is 0. The molecule has 0 saturated carbocycles. The standard InChI is InChI=1S/C42H45N3O3/c1-25-20-36(42(3,4)5)38(47)26(2)35(25)24-48-33-18-19-34(37(46)23-33)41-44-39(31-16-14-27-10-6-8-12-29(27)21-31)43-40(45-41)32-17-15-28-11-7-9-13-30(28)22-32/h14-23,46-47H,6-13,24H2,1-5H3. The third-order valence-electron chi connectivity index (χ3n) is 10.1. The summed E-state index contributed by atoms with van der Waals surface area (Å²) in [4.78, 5) is 14.9. The van der Waals surface area contributed by atoms with Crippen molar-refractivity contribution in [2.75, 3.05) is 0 Å². The SMILES string of the molecule is Cc1cc(C(C)(C)C)c(O)c(C)c1COc1ccc(-c2nc(-c3ccc4c(c3)CCCC4)nc(-c3ccc4c(c3)CCCC4)n2)c(O)c1. The van der Waals surface area contributed by atoms with E-state index in [-0.39, 0.29) is 17.8 Å². The number of phenols is 2. The maximum Gasteiger partial charge on any atom is 0.167 e.